The number of hydrogen-bond acceptors (Lipinski definition) is 8. The number of allylic oxidation sites excluding steroid dienone is 2. The van der Waals surface area contributed by atoms with Gasteiger partial charge in [0.1, 0.15) is 10.9 Å². The Morgan fingerprint density at radius 3 is 2.40 bits per heavy atom. The predicted molar refractivity (Wildman–Crippen MR) is 181 cm³/mol. The van der Waals surface area contributed by atoms with Gasteiger partial charge >= 0.3 is 11.9 Å². The first-order valence-corrected chi connectivity index (χ1v) is 18.4. The Hall–Kier alpha value is -1.74. The van der Waals surface area contributed by atoms with Crippen LogP contribution in [0.1, 0.15) is 113 Å². The highest BCUT2D eigenvalue weighted by atomic mass is 32.2. The Morgan fingerprint density at radius 1 is 1.02 bits per heavy atom. The molecule has 7 atom stereocenters. The zero-order valence-corrected chi connectivity index (χ0v) is 30.2. The largest absolute Gasteiger partial charge is 0.469 e. The fourth-order valence-electron chi connectivity index (χ4n) is 11.6. The second-order valence-corrected chi connectivity index (χ2v) is 18.7. The van der Waals surface area contributed by atoms with Gasteiger partial charge in [0, 0.05) is 5.41 Å². The van der Waals surface area contributed by atoms with Crippen molar-refractivity contribution in [3.05, 3.63) is 11.6 Å². The maximum Gasteiger partial charge on any atom is 0.354 e. The number of fused-ring (bicyclic) bond motifs is 7. The summed E-state index contributed by atoms with van der Waals surface area (Å²) in [5.74, 6) is 0.735. The summed E-state index contributed by atoms with van der Waals surface area (Å²) in [5.41, 5.74) is 2.36. The molecule has 4 saturated carbocycles. The van der Waals surface area contributed by atoms with E-state index in [1.165, 1.54) is 16.7 Å². The van der Waals surface area contributed by atoms with E-state index in [9.17, 15) is 14.4 Å². The van der Waals surface area contributed by atoms with Gasteiger partial charge in [-0.15, -0.1) is 0 Å². The lowest BCUT2D eigenvalue weighted by atomic mass is 9.33. The van der Waals surface area contributed by atoms with Crippen LogP contribution < -0.4 is 0 Å². The minimum atomic E-state index is -0.551. The normalized spacial score (nSPS) is 42.6. The number of esters is 1. The van der Waals surface area contributed by atoms with Gasteiger partial charge in [-0.3, -0.25) is 14.5 Å². The molecule has 0 aromatic carbocycles. The molecule has 0 radical (unpaired) electrons. The van der Waals surface area contributed by atoms with E-state index in [1.807, 2.05) is 0 Å². The van der Waals surface area contributed by atoms with Crippen molar-refractivity contribution in [1.82, 2.24) is 4.90 Å². The third kappa shape index (κ3) is 4.82. The van der Waals surface area contributed by atoms with E-state index >= 15 is 0 Å². The molecular formula is C36H52N2O5S2. The number of amides is 1. The van der Waals surface area contributed by atoms with Crippen molar-refractivity contribution in [1.29, 1.82) is 0 Å². The maximum absolute atomic E-state index is 13.5. The Bertz CT molecular complexity index is 1370. The van der Waals surface area contributed by atoms with Gasteiger partial charge in [-0.2, -0.15) is 0 Å². The molecule has 248 valence electrons. The van der Waals surface area contributed by atoms with Gasteiger partial charge in [-0.05, 0) is 104 Å². The van der Waals surface area contributed by atoms with Crippen molar-refractivity contribution in [3.8, 4) is 0 Å². The van der Waals surface area contributed by atoms with Crippen LogP contribution in [-0.2, 0) is 24.0 Å². The summed E-state index contributed by atoms with van der Waals surface area (Å²) in [5, 5.41) is 4.47. The second kappa shape index (κ2) is 10.9. The first kappa shape index (κ1) is 33.2. The molecule has 1 saturated heterocycles. The molecule has 45 heavy (non-hydrogen) atoms. The van der Waals surface area contributed by atoms with Crippen molar-refractivity contribution in [2.45, 2.75) is 113 Å². The number of carbonyl (C=O) groups is 3. The molecule has 1 heterocycles. The number of ether oxygens (including phenoxy) is 1. The van der Waals surface area contributed by atoms with Crippen molar-refractivity contribution in [2.24, 2.45) is 55.4 Å². The highest BCUT2D eigenvalue weighted by Crippen LogP contribution is 2.75. The fourth-order valence-corrected chi connectivity index (χ4v) is 12.7. The molecule has 6 rings (SSSR count). The van der Waals surface area contributed by atoms with E-state index in [-0.39, 0.29) is 62.6 Å². The Labute approximate surface area is 279 Å². The van der Waals surface area contributed by atoms with E-state index < -0.39 is 5.97 Å². The zero-order chi connectivity index (χ0) is 32.8. The van der Waals surface area contributed by atoms with Gasteiger partial charge in [0.05, 0.1) is 24.0 Å². The molecule has 7 nitrogen and oxygen atoms in total. The summed E-state index contributed by atoms with van der Waals surface area (Å²) in [4.78, 5) is 45.0. The summed E-state index contributed by atoms with van der Waals surface area (Å²) >= 11 is 6.49. The Balaban J connectivity index is 1.27. The number of carbonyl (C=O) groups excluding carboxylic acids is 3. The quantitative estimate of drug-likeness (QED) is 0.101. The first-order chi connectivity index (χ1) is 20.9. The van der Waals surface area contributed by atoms with Crippen LogP contribution in [0, 0.1) is 50.2 Å². The summed E-state index contributed by atoms with van der Waals surface area (Å²) in [7, 11) is 1.57. The third-order valence-corrected chi connectivity index (χ3v) is 15.8. The van der Waals surface area contributed by atoms with Crippen molar-refractivity contribution in [2.75, 3.05) is 19.4 Å². The zero-order valence-electron chi connectivity index (χ0n) is 28.5. The monoisotopic (exact) mass is 656 g/mol. The highest BCUT2D eigenvalue weighted by molar-refractivity contribution is 8.23. The molecule has 3 unspecified atom stereocenters. The van der Waals surface area contributed by atoms with Crippen LogP contribution in [-0.4, -0.2) is 52.2 Å². The number of thiocarbonyl (C=S) groups is 1. The van der Waals surface area contributed by atoms with Crippen LogP contribution in [0.25, 0.3) is 0 Å². The topological polar surface area (TPSA) is 85.3 Å². The molecule has 6 aliphatic rings. The molecule has 0 bridgehead atoms. The van der Waals surface area contributed by atoms with Crippen LogP contribution in [0.2, 0.25) is 0 Å². The van der Waals surface area contributed by atoms with E-state index in [0.717, 1.165) is 69.9 Å². The molecule has 9 heteroatoms. The highest BCUT2D eigenvalue weighted by Gasteiger charge is 2.69. The molecule has 0 aromatic heterocycles. The number of rotatable bonds is 4. The Morgan fingerprint density at radius 2 is 1.73 bits per heavy atom. The average molecular weight is 657 g/mol. The van der Waals surface area contributed by atoms with Crippen LogP contribution in [0.3, 0.4) is 0 Å². The van der Waals surface area contributed by atoms with Gasteiger partial charge in [-0.1, -0.05) is 89.3 Å². The van der Waals surface area contributed by atoms with Gasteiger partial charge in [0.15, 0.2) is 0 Å². The van der Waals surface area contributed by atoms with Crippen LogP contribution in [0.5, 0.6) is 0 Å². The second-order valence-electron chi connectivity index (χ2n) is 17.1. The summed E-state index contributed by atoms with van der Waals surface area (Å²) in [6, 6.07) is 0. The number of hydrogen-bond donors (Lipinski definition) is 0. The van der Waals surface area contributed by atoms with Gasteiger partial charge in [0.2, 0.25) is 5.91 Å². The van der Waals surface area contributed by atoms with Crippen molar-refractivity contribution < 1.29 is 24.0 Å². The standard InChI is InChI=1S/C36H52N2O5S2/c1-31(2)15-17-36(29(41)42-8)18-16-34(6)22(23(36)19-31)9-10-25-33(5)13-12-26(32(3,4)24(33)11-14-35(25,34)7)37-43-28(40)20-38-27(39)21-45-30(38)44/h9,23-25H,10-21H2,1-8H3/b37-26+/t23?,24?,25?,33-,34+,35+,36-/m1/s1. The number of methoxy groups -OCH3 is 1. The predicted octanol–water partition coefficient (Wildman–Crippen LogP) is 7.72. The molecule has 1 aliphatic heterocycles. The first-order valence-electron chi connectivity index (χ1n) is 17.0. The van der Waals surface area contributed by atoms with E-state index in [4.69, 9.17) is 21.8 Å². The Kier molecular flexibility index (Phi) is 8.03. The van der Waals surface area contributed by atoms with E-state index in [2.05, 4.69) is 59.7 Å². The smallest absolute Gasteiger partial charge is 0.354 e. The number of oxime groups is 1. The molecular weight excluding hydrogens is 605 g/mol. The van der Waals surface area contributed by atoms with Gasteiger partial charge < -0.3 is 9.57 Å². The van der Waals surface area contributed by atoms with Gasteiger partial charge in [0.25, 0.3) is 0 Å². The van der Waals surface area contributed by atoms with Crippen LogP contribution in [0.4, 0.5) is 0 Å². The lowest BCUT2D eigenvalue weighted by molar-refractivity contribution is -0.181. The SMILES string of the molecule is COC(=O)[C@@]12CCC(C)(C)CC1C1=CCC3[C@]4(C)CC/C(=N\OC(=O)CN5C(=O)CSC5=S)C(C)(C)C4CC[C@]3(C)[C@@]1(C)CC2. The average Bonchev–Trinajstić information content (AvgIpc) is 3.28. The summed E-state index contributed by atoms with van der Waals surface area (Å²) in [6.45, 7) is 16.8. The van der Waals surface area contributed by atoms with Crippen molar-refractivity contribution >= 4 is 51.9 Å². The maximum atomic E-state index is 13.5. The molecule has 5 aliphatic carbocycles. The summed E-state index contributed by atoms with van der Waals surface area (Å²) < 4.78 is 5.95. The molecule has 1 amide bonds. The van der Waals surface area contributed by atoms with E-state index in [1.54, 1.807) is 12.7 Å². The number of nitrogens with zero attached hydrogens (tertiary/aromatic N) is 2. The number of thioether (sulfide) groups is 1. The summed E-state index contributed by atoms with van der Waals surface area (Å²) in [6.07, 6.45) is 12.6. The lowest BCUT2D eigenvalue weighted by Crippen LogP contribution is -2.64. The lowest BCUT2D eigenvalue weighted by Gasteiger charge is -2.70. The van der Waals surface area contributed by atoms with Crippen molar-refractivity contribution in [3.63, 3.8) is 0 Å². The van der Waals surface area contributed by atoms with Crippen LogP contribution in [0.15, 0.2) is 16.8 Å². The molecule has 0 aromatic rings. The molecule has 0 spiro atoms. The van der Waals surface area contributed by atoms with E-state index in [0.29, 0.717) is 16.2 Å². The minimum absolute atomic E-state index is 0.00377. The minimum Gasteiger partial charge on any atom is -0.469 e. The third-order valence-electron chi connectivity index (χ3n) is 14.4. The van der Waals surface area contributed by atoms with Gasteiger partial charge in [-0.25, -0.2) is 4.79 Å². The molecule has 5 fully saturated rings. The molecule has 0 N–H and O–H groups in total. The fraction of sp³-hybridized carbons (Fsp3) is 0.806. The van der Waals surface area contributed by atoms with Crippen LogP contribution >= 0.6 is 24.0 Å².